The number of nitrogens with two attached hydrogens (primary N) is 1. The molecular weight excluding hydrogens is 657 g/mol. The van der Waals surface area contributed by atoms with Gasteiger partial charge in [0.2, 0.25) is 5.91 Å². The smallest absolute Gasteiger partial charge is 0.410 e. The van der Waals surface area contributed by atoms with E-state index in [1.807, 2.05) is 20.8 Å². The van der Waals surface area contributed by atoms with Crippen LogP contribution in [0, 0.1) is 5.92 Å². The Hall–Kier alpha value is -2.03. The van der Waals surface area contributed by atoms with E-state index in [-0.39, 0.29) is 38.3 Å². The van der Waals surface area contributed by atoms with Gasteiger partial charge < -0.3 is 25.1 Å². The van der Waals surface area contributed by atoms with Crippen molar-refractivity contribution >= 4 is 70.1 Å². The molecule has 1 aromatic heterocycles. The molecule has 2 amide bonds. The Bertz CT molecular complexity index is 1520. The standard InChI is InChI=1S/C30H47Cl2N5O6SSi/c1-30(2,3)43-29(39)35-12-8-9-20(16-35)17-36-18-21-15-22(31)25-26(32)23(10-7-11-24(33)38)34-27(25)28(21)37(44(36,40)41)19-42-13-14-45(4,5)6/h15,20,34H,7-14,16-19H2,1-6H3,(H2,33,38). The summed E-state index contributed by atoms with van der Waals surface area (Å²) in [5.74, 6) is -0.481. The zero-order valence-electron chi connectivity index (χ0n) is 27.2. The number of likely N-dealkylation sites (tertiary alicyclic amines) is 1. The quantitative estimate of drug-likeness (QED) is 0.214. The van der Waals surface area contributed by atoms with Crippen LogP contribution in [0.25, 0.3) is 10.9 Å². The summed E-state index contributed by atoms with van der Waals surface area (Å²) in [4.78, 5) is 29.1. The number of fused-ring (bicyclic) bond motifs is 3. The number of ether oxygens (including phenoxy) is 2. The second-order valence-corrected chi connectivity index (χ2v) is 22.5. The van der Waals surface area contributed by atoms with Crippen LogP contribution >= 0.6 is 23.2 Å². The lowest BCUT2D eigenvalue weighted by Gasteiger charge is -2.40. The van der Waals surface area contributed by atoms with Crippen molar-refractivity contribution in [3.8, 4) is 0 Å². The summed E-state index contributed by atoms with van der Waals surface area (Å²) in [7, 11) is -5.47. The van der Waals surface area contributed by atoms with Crippen molar-refractivity contribution in [2.24, 2.45) is 11.7 Å². The predicted octanol–water partition coefficient (Wildman–Crippen LogP) is 6.11. The number of carbonyl (C=O) groups excluding carboxylic acids is 2. The molecule has 0 bridgehead atoms. The molecule has 2 aromatic rings. The predicted molar refractivity (Wildman–Crippen MR) is 182 cm³/mol. The van der Waals surface area contributed by atoms with E-state index in [2.05, 4.69) is 24.6 Å². The van der Waals surface area contributed by atoms with E-state index in [4.69, 9.17) is 38.4 Å². The minimum absolute atomic E-state index is 0.0757. The first kappa shape index (κ1) is 35.8. The van der Waals surface area contributed by atoms with Crippen LogP contribution in [0.15, 0.2) is 6.07 Å². The van der Waals surface area contributed by atoms with Crippen LogP contribution in [-0.4, -0.2) is 81.3 Å². The van der Waals surface area contributed by atoms with Gasteiger partial charge in [0.15, 0.2) is 0 Å². The SMILES string of the molecule is CC(C)(C)OC(=O)N1CCCC(CN2Cc3cc(Cl)c4c(Cl)c(CCCC(N)=O)[nH]c4c3N(COCC[Si](C)(C)C)S2(=O)=O)C1. The highest BCUT2D eigenvalue weighted by Crippen LogP contribution is 2.45. The summed E-state index contributed by atoms with van der Waals surface area (Å²) in [5, 5.41) is 1.33. The molecule has 2 aliphatic heterocycles. The van der Waals surface area contributed by atoms with Gasteiger partial charge in [-0.3, -0.25) is 4.79 Å². The fourth-order valence-electron chi connectivity index (χ4n) is 5.74. The first-order valence-corrected chi connectivity index (χ1v) is 21.4. The third kappa shape index (κ3) is 8.86. The van der Waals surface area contributed by atoms with Crippen LogP contribution in [0.3, 0.4) is 0 Å². The number of aromatic nitrogens is 1. The Morgan fingerprint density at radius 1 is 1.20 bits per heavy atom. The fourth-order valence-corrected chi connectivity index (χ4v) is 8.83. The molecule has 1 aromatic carbocycles. The van der Waals surface area contributed by atoms with Crippen molar-refractivity contribution in [3.63, 3.8) is 0 Å². The van der Waals surface area contributed by atoms with Gasteiger partial charge in [-0.2, -0.15) is 12.7 Å². The van der Waals surface area contributed by atoms with Crippen LogP contribution in [0.4, 0.5) is 10.5 Å². The van der Waals surface area contributed by atoms with Crippen LogP contribution < -0.4 is 10.0 Å². The summed E-state index contributed by atoms with van der Waals surface area (Å²) < 4.78 is 43.1. The number of amides is 2. The van der Waals surface area contributed by atoms with Crippen molar-refractivity contribution in [2.75, 3.05) is 37.3 Å². The van der Waals surface area contributed by atoms with Gasteiger partial charge in [-0.1, -0.05) is 42.8 Å². The van der Waals surface area contributed by atoms with Gasteiger partial charge in [-0.15, -0.1) is 0 Å². The number of nitrogens with one attached hydrogen (secondary N) is 1. The third-order valence-corrected chi connectivity index (χ3v) is 12.2. The van der Waals surface area contributed by atoms with E-state index in [0.717, 1.165) is 24.4 Å². The van der Waals surface area contributed by atoms with Crippen molar-refractivity contribution < 1.29 is 27.5 Å². The minimum atomic E-state index is -4.04. The van der Waals surface area contributed by atoms with Gasteiger partial charge in [-0.25, -0.2) is 9.10 Å². The minimum Gasteiger partial charge on any atom is -0.444 e. The molecular formula is C30H47Cl2N5O6SSi. The molecule has 45 heavy (non-hydrogen) atoms. The highest BCUT2D eigenvalue weighted by Gasteiger charge is 2.41. The molecule has 1 unspecified atom stereocenters. The Labute approximate surface area is 277 Å². The number of hydrogen-bond acceptors (Lipinski definition) is 6. The summed E-state index contributed by atoms with van der Waals surface area (Å²) in [6.45, 7) is 13.8. The largest absolute Gasteiger partial charge is 0.444 e. The van der Waals surface area contributed by atoms with E-state index in [1.54, 1.807) is 11.0 Å². The fraction of sp³-hybridized carbons (Fsp3) is 0.667. The summed E-state index contributed by atoms with van der Waals surface area (Å²) in [6.07, 6.45) is 2.28. The first-order valence-electron chi connectivity index (χ1n) is 15.5. The van der Waals surface area contributed by atoms with Gasteiger partial charge in [-0.05, 0) is 70.0 Å². The maximum atomic E-state index is 14.4. The lowest BCUT2D eigenvalue weighted by molar-refractivity contribution is -0.118. The number of benzene rings is 1. The number of H-pyrrole nitrogens is 1. The van der Waals surface area contributed by atoms with Gasteiger partial charge >= 0.3 is 16.3 Å². The summed E-state index contributed by atoms with van der Waals surface area (Å²) in [6, 6.07) is 2.66. The first-order chi connectivity index (χ1) is 20.9. The molecule has 3 heterocycles. The monoisotopic (exact) mass is 703 g/mol. The van der Waals surface area contributed by atoms with Gasteiger partial charge in [0.25, 0.3) is 0 Å². The number of aromatic amines is 1. The molecule has 252 valence electrons. The van der Waals surface area contributed by atoms with Crippen LogP contribution in [-0.2, 0) is 37.4 Å². The third-order valence-electron chi connectivity index (χ3n) is 7.98. The van der Waals surface area contributed by atoms with Crippen molar-refractivity contribution in [3.05, 3.63) is 27.4 Å². The summed E-state index contributed by atoms with van der Waals surface area (Å²) >= 11 is 13.6. The molecule has 11 nitrogen and oxygen atoms in total. The Kier molecular flexibility index (Phi) is 11.1. The highest BCUT2D eigenvalue weighted by molar-refractivity contribution is 7.90. The molecule has 1 atom stereocenters. The molecule has 0 aliphatic carbocycles. The number of primary amides is 1. The normalized spacial score (nSPS) is 19.2. The molecule has 0 spiro atoms. The number of aryl methyl sites for hydroxylation is 1. The average molecular weight is 705 g/mol. The number of hydrogen-bond donors (Lipinski definition) is 2. The second-order valence-electron chi connectivity index (χ2n) is 14.3. The van der Waals surface area contributed by atoms with E-state index < -0.39 is 29.8 Å². The number of nitrogens with zero attached hydrogens (tertiary/aromatic N) is 3. The van der Waals surface area contributed by atoms with Crippen molar-refractivity contribution in [1.82, 2.24) is 14.2 Å². The maximum absolute atomic E-state index is 14.4. The number of halogens is 2. The lowest BCUT2D eigenvalue weighted by atomic mass is 9.98. The van der Waals surface area contributed by atoms with Crippen molar-refractivity contribution in [1.29, 1.82) is 0 Å². The average Bonchev–Trinajstić information content (AvgIpc) is 3.23. The molecule has 0 radical (unpaired) electrons. The Morgan fingerprint density at radius 3 is 2.56 bits per heavy atom. The van der Waals surface area contributed by atoms with Crippen molar-refractivity contribution in [2.45, 2.75) is 90.7 Å². The van der Waals surface area contributed by atoms with E-state index in [1.165, 1.54) is 8.61 Å². The van der Waals surface area contributed by atoms with E-state index in [0.29, 0.717) is 64.9 Å². The zero-order valence-corrected chi connectivity index (χ0v) is 30.5. The number of carbonyl (C=O) groups is 2. The van der Waals surface area contributed by atoms with Crippen LogP contribution in [0.2, 0.25) is 35.7 Å². The molecule has 15 heteroatoms. The molecule has 4 rings (SSSR count). The lowest BCUT2D eigenvalue weighted by Crippen LogP contribution is -2.52. The van der Waals surface area contributed by atoms with Gasteiger partial charge in [0.1, 0.15) is 12.3 Å². The molecule has 2 aliphatic rings. The van der Waals surface area contributed by atoms with Gasteiger partial charge in [0, 0.05) is 58.4 Å². The zero-order chi connectivity index (χ0) is 33.3. The molecule has 1 fully saturated rings. The molecule has 1 saturated heterocycles. The van der Waals surface area contributed by atoms with Crippen LogP contribution in [0.1, 0.15) is 57.7 Å². The topological polar surface area (TPSA) is 138 Å². The molecule has 0 saturated carbocycles. The molecule has 3 N–H and O–H groups in total. The van der Waals surface area contributed by atoms with Crippen LogP contribution in [0.5, 0.6) is 0 Å². The highest BCUT2D eigenvalue weighted by atomic mass is 35.5. The Balaban J connectivity index is 1.67. The van der Waals surface area contributed by atoms with E-state index in [9.17, 15) is 18.0 Å². The second kappa shape index (κ2) is 14.0. The maximum Gasteiger partial charge on any atom is 0.410 e. The Morgan fingerprint density at radius 2 is 1.91 bits per heavy atom. The van der Waals surface area contributed by atoms with Gasteiger partial charge in [0.05, 0.1) is 21.2 Å². The number of anilines is 1. The van der Waals surface area contributed by atoms with E-state index >= 15 is 0 Å². The number of piperidine rings is 1. The summed E-state index contributed by atoms with van der Waals surface area (Å²) in [5.41, 5.74) is 7.06. The number of rotatable bonds is 11.